The molecule has 0 heterocycles. The van der Waals surface area contributed by atoms with Crippen LogP contribution in [0.1, 0.15) is 66.7 Å². The zero-order chi connectivity index (χ0) is 9.61. The van der Waals surface area contributed by atoms with E-state index in [1.807, 2.05) is 0 Å². The number of hydrogen-bond donors (Lipinski definition) is 0. The molecule has 0 aromatic rings. The Balaban J connectivity index is 3.77. The summed E-state index contributed by atoms with van der Waals surface area (Å²) in [7, 11) is 0. The summed E-state index contributed by atoms with van der Waals surface area (Å²) in [6.07, 6.45) is 6.94. The predicted octanol–water partition coefficient (Wildman–Crippen LogP) is 4.64. The third-order valence-corrected chi connectivity index (χ3v) is 2.29. The average molecular weight is 170 g/mol. The van der Waals surface area contributed by atoms with E-state index in [2.05, 4.69) is 34.6 Å². The van der Waals surface area contributed by atoms with Gasteiger partial charge in [0.15, 0.2) is 0 Å². The lowest BCUT2D eigenvalue weighted by atomic mass is 9.81. The maximum Gasteiger partial charge on any atom is -0.0380 e. The first-order chi connectivity index (χ1) is 5.49. The maximum absolute atomic E-state index is 2.35. The van der Waals surface area contributed by atoms with Crippen LogP contribution in [0.15, 0.2) is 0 Å². The van der Waals surface area contributed by atoms with E-state index in [1.54, 1.807) is 0 Å². The molecule has 0 saturated heterocycles. The van der Waals surface area contributed by atoms with Crippen LogP contribution in [0, 0.1) is 11.3 Å². The third-order valence-electron chi connectivity index (χ3n) is 2.29. The van der Waals surface area contributed by atoms with Gasteiger partial charge in [-0.1, -0.05) is 60.3 Å². The molecular weight excluding hydrogens is 144 g/mol. The Hall–Kier alpha value is 0. The zero-order valence-electron chi connectivity index (χ0n) is 9.61. The molecule has 0 nitrogen and oxygen atoms in total. The van der Waals surface area contributed by atoms with Gasteiger partial charge in [-0.2, -0.15) is 0 Å². The van der Waals surface area contributed by atoms with Crippen molar-refractivity contribution in [2.24, 2.45) is 11.3 Å². The SMILES string of the molecule is CCCC(CCC)CC(C)(C)C. The standard InChI is InChI=1S/C12H26/c1-6-8-11(9-7-2)10-12(3,4)5/h11H,6-10H2,1-5H3. The van der Waals surface area contributed by atoms with Crippen LogP contribution in [0.4, 0.5) is 0 Å². The fraction of sp³-hybridized carbons (Fsp3) is 1.00. The Kier molecular flexibility index (Phi) is 5.61. The Labute approximate surface area is 78.8 Å². The molecule has 12 heavy (non-hydrogen) atoms. The van der Waals surface area contributed by atoms with Crippen LogP contribution in [0.25, 0.3) is 0 Å². The minimum absolute atomic E-state index is 0.523. The first-order valence-electron chi connectivity index (χ1n) is 5.49. The lowest BCUT2D eigenvalue weighted by Gasteiger charge is -2.25. The molecule has 0 radical (unpaired) electrons. The van der Waals surface area contributed by atoms with Crippen molar-refractivity contribution in [1.29, 1.82) is 0 Å². The van der Waals surface area contributed by atoms with Crippen LogP contribution >= 0.6 is 0 Å². The summed E-state index contributed by atoms with van der Waals surface area (Å²) < 4.78 is 0. The fourth-order valence-electron chi connectivity index (χ4n) is 2.03. The van der Waals surface area contributed by atoms with Crippen molar-refractivity contribution in [3.05, 3.63) is 0 Å². The van der Waals surface area contributed by atoms with Crippen molar-refractivity contribution >= 4 is 0 Å². The van der Waals surface area contributed by atoms with Crippen LogP contribution in [0.2, 0.25) is 0 Å². The molecule has 0 heteroatoms. The highest BCUT2D eigenvalue weighted by Gasteiger charge is 2.16. The molecule has 0 N–H and O–H groups in total. The van der Waals surface area contributed by atoms with E-state index in [4.69, 9.17) is 0 Å². The summed E-state index contributed by atoms with van der Waals surface area (Å²) in [4.78, 5) is 0. The molecule has 0 aliphatic heterocycles. The topological polar surface area (TPSA) is 0 Å². The van der Waals surface area contributed by atoms with Gasteiger partial charge < -0.3 is 0 Å². The van der Waals surface area contributed by atoms with Gasteiger partial charge in [-0.25, -0.2) is 0 Å². The maximum atomic E-state index is 2.35. The summed E-state index contributed by atoms with van der Waals surface area (Å²) in [5, 5.41) is 0. The molecule has 0 fully saturated rings. The largest absolute Gasteiger partial charge is 0.0654 e. The van der Waals surface area contributed by atoms with E-state index in [0.717, 1.165) is 5.92 Å². The summed E-state index contributed by atoms with van der Waals surface area (Å²) in [5.41, 5.74) is 0.523. The van der Waals surface area contributed by atoms with Gasteiger partial charge in [0.2, 0.25) is 0 Å². The predicted molar refractivity (Wildman–Crippen MR) is 57.4 cm³/mol. The molecule has 0 aromatic heterocycles. The van der Waals surface area contributed by atoms with Gasteiger partial charge in [0.25, 0.3) is 0 Å². The van der Waals surface area contributed by atoms with Gasteiger partial charge in [0.05, 0.1) is 0 Å². The first-order valence-corrected chi connectivity index (χ1v) is 5.49. The van der Waals surface area contributed by atoms with Crippen molar-refractivity contribution < 1.29 is 0 Å². The Morgan fingerprint density at radius 1 is 0.917 bits per heavy atom. The molecule has 0 spiro atoms. The van der Waals surface area contributed by atoms with Crippen molar-refractivity contribution in [3.63, 3.8) is 0 Å². The Morgan fingerprint density at radius 3 is 1.58 bits per heavy atom. The average Bonchev–Trinajstić information content (AvgIpc) is 1.84. The van der Waals surface area contributed by atoms with Crippen molar-refractivity contribution in [2.75, 3.05) is 0 Å². The van der Waals surface area contributed by atoms with E-state index in [1.165, 1.54) is 32.1 Å². The first kappa shape index (κ1) is 12.0. The quantitative estimate of drug-likeness (QED) is 0.564. The molecule has 0 amide bonds. The molecule has 0 aromatic carbocycles. The van der Waals surface area contributed by atoms with Gasteiger partial charge in [-0.3, -0.25) is 0 Å². The lowest BCUT2D eigenvalue weighted by molar-refractivity contribution is 0.268. The molecule has 0 aliphatic rings. The Bertz CT molecular complexity index is 91.1. The highest BCUT2D eigenvalue weighted by molar-refractivity contribution is 4.68. The number of hydrogen-bond acceptors (Lipinski definition) is 0. The minimum Gasteiger partial charge on any atom is -0.0654 e. The highest BCUT2D eigenvalue weighted by Crippen LogP contribution is 2.29. The molecule has 0 aliphatic carbocycles. The monoisotopic (exact) mass is 170 g/mol. The minimum atomic E-state index is 0.523. The van der Waals surface area contributed by atoms with Gasteiger partial charge in [-0.15, -0.1) is 0 Å². The van der Waals surface area contributed by atoms with Crippen LogP contribution in [-0.2, 0) is 0 Å². The fourth-order valence-corrected chi connectivity index (χ4v) is 2.03. The molecule has 0 bridgehead atoms. The van der Waals surface area contributed by atoms with Gasteiger partial charge in [0.1, 0.15) is 0 Å². The molecule has 0 rings (SSSR count). The summed E-state index contributed by atoms with van der Waals surface area (Å²) in [6, 6.07) is 0. The van der Waals surface area contributed by atoms with Crippen LogP contribution in [0.5, 0.6) is 0 Å². The van der Waals surface area contributed by atoms with E-state index >= 15 is 0 Å². The van der Waals surface area contributed by atoms with Crippen LogP contribution in [-0.4, -0.2) is 0 Å². The summed E-state index contributed by atoms with van der Waals surface area (Å²) in [6.45, 7) is 11.7. The van der Waals surface area contributed by atoms with Gasteiger partial charge >= 0.3 is 0 Å². The molecular formula is C12H26. The molecule has 0 unspecified atom stereocenters. The Morgan fingerprint density at radius 2 is 1.33 bits per heavy atom. The molecule has 0 atom stereocenters. The third kappa shape index (κ3) is 6.69. The molecule has 0 saturated carbocycles. The summed E-state index contributed by atoms with van der Waals surface area (Å²) >= 11 is 0. The molecule has 74 valence electrons. The van der Waals surface area contributed by atoms with Gasteiger partial charge in [0, 0.05) is 0 Å². The van der Waals surface area contributed by atoms with Crippen LogP contribution < -0.4 is 0 Å². The highest BCUT2D eigenvalue weighted by atomic mass is 14.2. The van der Waals surface area contributed by atoms with E-state index in [-0.39, 0.29) is 0 Å². The second-order valence-electron chi connectivity index (χ2n) is 5.21. The zero-order valence-corrected chi connectivity index (χ0v) is 9.61. The van der Waals surface area contributed by atoms with Gasteiger partial charge in [-0.05, 0) is 17.8 Å². The number of rotatable bonds is 5. The van der Waals surface area contributed by atoms with E-state index in [9.17, 15) is 0 Å². The van der Waals surface area contributed by atoms with E-state index < -0.39 is 0 Å². The second-order valence-corrected chi connectivity index (χ2v) is 5.21. The smallest absolute Gasteiger partial charge is 0.0380 e. The normalized spacial score (nSPS) is 12.5. The van der Waals surface area contributed by atoms with Crippen LogP contribution in [0.3, 0.4) is 0 Å². The van der Waals surface area contributed by atoms with Crippen molar-refractivity contribution in [1.82, 2.24) is 0 Å². The van der Waals surface area contributed by atoms with Crippen molar-refractivity contribution in [2.45, 2.75) is 66.7 Å². The van der Waals surface area contributed by atoms with E-state index in [0.29, 0.717) is 5.41 Å². The summed E-state index contributed by atoms with van der Waals surface area (Å²) in [5.74, 6) is 0.972. The van der Waals surface area contributed by atoms with Crippen molar-refractivity contribution in [3.8, 4) is 0 Å². The second kappa shape index (κ2) is 5.61. The lowest BCUT2D eigenvalue weighted by Crippen LogP contribution is -2.13.